The number of thiazole rings is 1. The third kappa shape index (κ3) is 3.26. The van der Waals surface area contributed by atoms with E-state index in [1.165, 1.54) is 36.0 Å². The SMILES string of the molecule is O=C1[C@@H]2[C@H]3C[C@@H]([C@@H]4Sc5[nH]c(=O)sc5[C@@H](c5ccc(F)cc5)[C@@H]34)[C@H]2C(=O)N1c1cccc(C(F)(F)F)c1. The number of halogens is 4. The number of aromatic nitrogens is 1. The van der Waals surface area contributed by atoms with Crippen LogP contribution in [0.15, 0.2) is 58.4 Å². The van der Waals surface area contributed by atoms with Crippen molar-refractivity contribution in [3.05, 3.63) is 80.0 Å². The lowest BCUT2D eigenvalue weighted by Gasteiger charge is -2.43. The van der Waals surface area contributed by atoms with Gasteiger partial charge in [-0.3, -0.25) is 19.3 Å². The smallest absolute Gasteiger partial charge is 0.307 e. The number of hydrogen-bond acceptors (Lipinski definition) is 5. The van der Waals surface area contributed by atoms with Crippen LogP contribution in [0.2, 0.25) is 0 Å². The minimum atomic E-state index is -4.60. The highest BCUT2D eigenvalue weighted by Gasteiger charge is 2.69. The number of anilines is 1. The summed E-state index contributed by atoms with van der Waals surface area (Å²) in [5, 5.41) is 0.679. The van der Waals surface area contributed by atoms with Gasteiger partial charge in [0.15, 0.2) is 0 Å². The molecule has 4 aliphatic rings. The number of carbonyl (C=O) groups excluding carboxylic acids is 2. The van der Waals surface area contributed by atoms with Gasteiger partial charge in [-0.25, -0.2) is 4.39 Å². The van der Waals surface area contributed by atoms with Gasteiger partial charge >= 0.3 is 11.0 Å². The van der Waals surface area contributed by atoms with Gasteiger partial charge in [0.1, 0.15) is 5.82 Å². The van der Waals surface area contributed by atoms with E-state index >= 15 is 0 Å². The van der Waals surface area contributed by atoms with Crippen LogP contribution in [0, 0.1) is 35.4 Å². The molecule has 190 valence electrons. The minimum absolute atomic E-state index is 0.0581. The summed E-state index contributed by atoms with van der Waals surface area (Å²) in [5.74, 6) is -3.19. The Hall–Kier alpha value is -2.92. The van der Waals surface area contributed by atoms with Crippen molar-refractivity contribution in [2.24, 2.45) is 29.6 Å². The Morgan fingerprint density at radius 2 is 1.65 bits per heavy atom. The van der Waals surface area contributed by atoms with Gasteiger partial charge in [-0.15, -0.1) is 11.8 Å². The van der Waals surface area contributed by atoms with Gasteiger partial charge < -0.3 is 4.98 Å². The van der Waals surface area contributed by atoms with Crippen LogP contribution in [0.4, 0.5) is 23.2 Å². The van der Waals surface area contributed by atoms with E-state index < -0.39 is 35.4 Å². The van der Waals surface area contributed by atoms with Crippen molar-refractivity contribution < 1.29 is 27.2 Å². The number of carbonyl (C=O) groups is 2. The summed E-state index contributed by atoms with van der Waals surface area (Å²) in [7, 11) is 0. The van der Waals surface area contributed by atoms with Crippen molar-refractivity contribution in [1.82, 2.24) is 4.98 Å². The summed E-state index contributed by atoms with van der Waals surface area (Å²) in [5.41, 5.74) is -0.142. The van der Waals surface area contributed by atoms with Crippen LogP contribution in [-0.4, -0.2) is 22.0 Å². The fourth-order valence-corrected chi connectivity index (χ4v) is 10.0. The molecule has 5 nitrogen and oxygen atoms in total. The van der Waals surface area contributed by atoms with Crippen LogP contribution < -0.4 is 9.77 Å². The van der Waals surface area contributed by atoms with Crippen LogP contribution in [0.1, 0.15) is 28.3 Å². The Balaban J connectivity index is 1.30. The summed E-state index contributed by atoms with van der Waals surface area (Å²) in [6, 6.07) is 10.5. The fraction of sp³-hybridized carbons (Fsp3) is 0.346. The van der Waals surface area contributed by atoms with Crippen molar-refractivity contribution in [3.8, 4) is 0 Å². The number of imide groups is 1. The topological polar surface area (TPSA) is 70.2 Å². The second kappa shape index (κ2) is 7.80. The molecule has 3 fully saturated rings. The van der Waals surface area contributed by atoms with Gasteiger partial charge in [-0.2, -0.15) is 13.2 Å². The molecule has 3 aromatic rings. The molecule has 0 spiro atoms. The number of benzene rings is 2. The second-order valence-corrected chi connectivity index (χ2v) is 12.3. The number of hydrogen-bond donors (Lipinski definition) is 1. The zero-order valence-corrected chi connectivity index (χ0v) is 20.5. The van der Waals surface area contributed by atoms with Gasteiger partial charge in [0.25, 0.3) is 0 Å². The quantitative estimate of drug-likeness (QED) is 0.351. The van der Waals surface area contributed by atoms with E-state index in [1.807, 2.05) is 0 Å². The number of amides is 2. The monoisotopic (exact) mass is 546 g/mol. The van der Waals surface area contributed by atoms with E-state index in [-0.39, 0.29) is 45.3 Å². The van der Waals surface area contributed by atoms with Gasteiger partial charge in [0, 0.05) is 16.0 Å². The van der Waals surface area contributed by atoms with E-state index in [0.29, 0.717) is 6.42 Å². The molecule has 1 N–H and O–H groups in total. The number of H-pyrrole nitrogens is 1. The molecule has 2 aliphatic heterocycles. The van der Waals surface area contributed by atoms with Crippen LogP contribution >= 0.6 is 23.1 Å². The van der Waals surface area contributed by atoms with E-state index in [1.54, 1.807) is 12.1 Å². The van der Waals surface area contributed by atoms with Gasteiger partial charge in [0.2, 0.25) is 11.8 Å². The van der Waals surface area contributed by atoms with Crippen molar-refractivity contribution in [2.45, 2.75) is 28.8 Å². The molecule has 2 bridgehead atoms. The summed E-state index contributed by atoms with van der Waals surface area (Å²) >= 11 is 2.63. The van der Waals surface area contributed by atoms with Crippen LogP contribution in [0.5, 0.6) is 0 Å². The molecular formula is C26H18F4N2O3S2. The molecule has 11 heteroatoms. The highest BCUT2D eigenvalue weighted by Crippen LogP contribution is 2.68. The molecule has 37 heavy (non-hydrogen) atoms. The first kappa shape index (κ1) is 23.2. The van der Waals surface area contributed by atoms with E-state index in [2.05, 4.69) is 4.98 Å². The Morgan fingerprint density at radius 1 is 0.946 bits per heavy atom. The third-order valence-corrected chi connectivity index (χ3v) is 11.0. The largest absolute Gasteiger partial charge is 0.416 e. The third-order valence-electron chi connectivity index (χ3n) is 8.38. The highest BCUT2D eigenvalue weighted by molar-refractivity contribution is 8.00. The Bertz CT molecular complexity index is 1510. The summed E-state index contributed by atoms with van der Waals surface area (Å²) in [6.45, 7) is 0. The van der Waals surface area contributed by atoms with Crippen molar-refractivity contribution in [1.29, 1.82) is 0 Å². The van der Waals surface area contributed by atoms with E-state index in [0.717, 1.165) is 43.8 Å². The molecule has 0 unspecified atom stereocenters. The summed E-state index contributed by atoms with van der Waals surface area (Å²) in [4.78, 5) is 44.0. The normalized spacial score (nSPS) is 32.0. The molecule has 2 aliphatic carbocycles. The molecule has 2 amide bonds. The maximum absolute atomic E-state index is 13.7. The molecule has 0 radical (unpaired) electrons. The van der Waals surface area contributed by atoms with Gasteiger partial charge in [-0.1, -0.05) is 29.5 Å². The van der Waals surface area contributed by atoms with E-state index in [4.69, 9.17) is 0 Å². The predicted octanol–water partition coefficient (Wildman–Crippen LogP) is 5.27. The number of nitrogens with zero attached hydrogens (tertiary/aromatic N) is 1. The Morgan fingerprint density at radius 3 is 2.35 bits per heavy atom. The molecule has 2 aromatic carbocycles. The number of rotatable bonds is 2. The van der Waals surface area contributed by atoms with Crippen LogP contribution in [-0.2, 0) is 15.8 Å². The van der Waals surface area contributed by atoms with Gasteiger partial charge in [-0.05, 0) is 60.1 Å². The van der Waals surface area contributed by atoms with Gasteiger partial charge in [0.05, 0.1) is 28.1 Å². The minimum Gasteiger partial charge on any atom is -0.307 e. The van der Waals surface area contributed by atoms with Crippen molar-refractivity contribution >= 4 is 40.6 Å². The average molecular weight is 547 g/mol. The molecule has 3 heterocycles. The van der Waals surface area contributed by atoms with Crippen molar-refractivity contribution in [3.63, 3.8) is 0 Å². The fourth-order valence-electron chi connectivity index (χ4n) is 7.14. The number of nitrogens with one attached hydrogen (secondary N) is 1. The lowest BCUT2D eigenvalue weighted by Crippen LogP contribution is -2.42. The summed E-state index contributed by atoms with van der Waals surface area (Å²) in [6.07, 6.45) is -3.94. The molecule has 2 saturated carbocycles. The molecule has 7 rings (SSSR count). The number of alkyl halides is 3. The number of fused-ring (bicyclic) bond motifs is 9. The average Bonchev–Trinajstić information content (AvgIpc) is 3.58. The maximum Gasteiger partial charge on any atom is 0.416 e. The zero-order valence-electron chi connectivity index (χ0n) is 18.9. The van der Waals surface area contributed by atoms with Crippen LogP contribution in [0.3, 0.4) is 0 Å². The lowest BCUT2D eigenvalue weighted by atomic mass is 9.68. The first-order chi connectivity index (χ1) is 17.6. The molecular weight excluding hydrogens is 528 g/mol. The molecule has 1 saturated heterocycles. The number of aromatic amines is 1. The van der Waals surface area contributed by atoms with Crippen LogP contribution in [0.25, 0.3) is 0 Å². The standard InChI is InChI=1S/C26H18F4N2O3S2/c27-12-6-4-10(5-7-12)16-17-14-9-15(20(17)36-22-21(16)37-25(35)31-22)19-18(14)23(33)32(24(19)34)13-3-1-2-11(8-13)26(28,29)30/h1-8,14-20H,9H2,(H,31,35)/t14-,15+,16-,17+,18+,19+,20-/m0/s1. The van der Waals surface area contributed by atoms with E-state index in [9.17, 15) is 31.9 Å². The first-order valence-electron chi connectivity index (χ1n) is 11.8. The van der Waals surface area contributed by atoms with Crippen molar-refractivity contribution in [2.75, 3.05) is 4.90 Å². The number of thioether (sulfide) groups is 1. The molecule has 1 aromatic heterocycles. The predicted molar refractivity (Wildman–Crippen MR) is 129 cm³/mol. The second-order valence-electron chi connectivity index (χ2n) is 10.1. The summed E-state index contributed by atoms with van der Waals surface area (Å²) < 4.78 is 53.7. The Kier molecular flexibility index (Phi) is 4.89. The zero-order chi connectivity index (χ0) is 25.8. The Labute approximate surface area is 215 Å². The molecule has 7 atom stereocenters. The lowest BCUT2D eigenvalue weighted by molar-refractivity contribution is -0.137. The maximum atomic E-state index is 13.7. The first-order valence-corrected chi connectivity index (χ1v) is 13.5. The highest BCUT2D eigenvalue weighted by atomic mass is 32.2.